The minimum Gasteiger partial charge on any atom is -0.484 e. The minimum atomic E-state index is -0.509. The van der Waals surface area contributed by atoms with Gasteiger partial charge in [-0.05, 0) is 53.2 Å². The van der Waals surface area contributed by atoms with E-state index in [9.17, 15) is 9.59 Å². The molecule has 2 amide bonds. The van der Waals surface area contributed by atoms with Gasteiger partial charge in [0.15, 0.2) is 13.2 Å². The smallest absolute Gasteiger partial charge is 0.276 e. The predicted molar refractivity (Wildman–Crippen MR) is 97.6 cm³/mol. The van der Waals surface area contributed by atoms with Gasteiger partial charge < -0.3 is 9.47 Å². The van der Waals surface area contributed by atoms with Crippen LogP contribution in [0.3, 0.4) is 0 Å². The number of ether oxygens (including phenoxy) is 2. The monoisotopic (exact) mass is 426 g/mol. The summed E-state index contributed by atoms with van der Waals surface area (Å²) in [6, 6.07) is 12.2. The Morgan fingerprint density at radius 3 is 2.20 bits per heavy atom. The van der Waals surface area contributed by atoms with E-state index in [-0.39, 0.29) is 13.2 Å². The average Bonchev–Trinajstić information content (AvgIpc) is 2.58. The molecule has 0 heterocycles. The third kappa shape index (κ3) is 6.64. The number of hydrazine groups is 1. The topological polar surface area (TPSA) is 76.7 Å². The molecular formula is C17H16BrClN2O4. The molecular weight excluding hydrogens is 412 g/mol. The molecule has 8 heteroatoms. The van der Waals surface area contributed by atoms with Gasteiger partial charge in [0, 0.05) is 5.02 Å². The van der Waals surface area contributed by atoms with Gasteiger partial charge in [-0.3, -0.25) is 20.4 Å². The van der Waals surface area contributed by atoms with E-state index < -0.39 is 11.8 Å². The molecule has 0 fully saturated rings. The highest BCUT2D eigenvalue weighted by Gasteiger charge is 2.08. The number of hydrogen-bond donors (Lipinski definition) is 2. The summed E-state index contributed by atoms with van der Waals surface area (Å²) in [7, 11) is 0. The summed E-state index contributed by atoms with van der Waals surface area (Å²) in [6.45, 7) is 1.48. The molecule has 0 atom stereocenters. The van der Waals surface area contributed by atoms with Crippen molar-refractivity contribution in [3.05, 3.63) is 57.5 Å². The Bertz CT molecular complexity index is 753. The second-order valence-corrected chi connectivity index (χ2v) is 6.35. The molecule has 2 aromatic rings. The summed E-state index contributed by atoms with van der Waals surface area (Å²) in [5, 5.41) is 0.546. The number of amides is 2. The Kier molecular flexibility index (Phi) is 7.09. The molecule has 0 spiro atoms. The number of aryl methyl sites for hydroxylation is 1. The molecule has 2 aromatic carbocycles. The van der Waals surface area contributed by atoms with Crippen molar-refractivity contribution in [1.29, 1.82) is 0 Å². The number of rotatable bonds is 6. The first-order valence-corrected chi connectivity index (χ1v) is 8.46. The summed E-state index contributed by atoms with van der Waals surface area (Å²) in [4.78, 5) is 23.3. The summed E-state index contributed by atoms with van der Waals surface area (Å²) in [5.74, 6) is 0.0451. The van der Waals surface area contributed by atoms with Gasteiger partial charge in [0.1, 0.15) is 11.5 Å². The first-order chi connectivity index (χ1) is 11.9. The molecule has 0 bridgehead atoms. The molecule has 132 valence electrons. The molecule has 0 aliphatic rings. The van der Waals surface area contributed by atoms with E-state index in [0.717, 1.165) is 5.56 Å². The lowest BCUT2D eigenvalue weighted by Crippen LogP contribution is -2.45. The summed E-state index contributed by atoms with van der Waals surface area (Å²) < 4.78 is 11.3. The van der Waals surface area contributed by atoms with Crippen molar-refractivity contribution in [1.82, 2.24) is 10.9 Å². The van der Waals surface area contributed by atoms with E-state index >= 15 is 0 Å². The Balaban J connectivity index is 1.68. The van der Waals surface area contributed by atoms with E-state index in [2.05, 4.69) is 26.8 Å². The predicted octanol–water partition coefficient (Wildman–Crippen LogP) is 3.02. The molecule has 25 heavy (non-hydrogen) atoms. The largest absolute Gasteiger partial charge is 0.484 e. The van der Waals surface area contributed by atoms with Crippen LogP contribution in [0.5, 0.6) is 11.5 Å². The van der Waals surface area contributed by atoms with Gasteiger partial charge in [-0.2, -0.15) is 0 Å². The SMILES string of the molecule is Cc1ccc(OCC(=O)NNC(=O)COc2ccc(Cl)cc2Br)cc1. The highest BCUT2D eigenvalue weighted by Crippen LogP contribution is 2.27. The third-order valence-corrected chi connectivity index (χ3v) is 3.84. The van der Waals surface area contributed by atoms with Crippen molar-refractivity contribution in [2.24, 2.45) is 0 Å². The third-order valence-electron chi connectivity index (χ3n) is 2.98. The Labute approximate surface area is 158 Å². The van der Waals surface area contributed by atoms with Gasteiger partial charge in [-0.25, -0.2) is 0 Å². The molecule has 6 nitrogen and oxygen atoms in total. The van der Waals surface area contributed by atoms with E-state index in [1.54, 1.807) is 30.3 Å². The minimum absolute atomic E-state index is 0.215. The molecule has 2 rings (SSSR count). The van der Waals surface area contributed by atoms with Gasteiger partial charge >= 0.3 is 0 Å². The maximum absolute atomic E-state index is 11.7. The van der Waals surface area contributed by atoms with Crippen molar-refractivity contribution in [2.45, 2.75) is 6.92 Å². The fourth-order valence-electron chi connectivity index (χ4n) is 1.73. The van der Waals surface area contributed by atoms with Crippen LogP contribution in [-0.2, 0) is 9.59 Å². The second-order valence-electron chi connectivity index (χ2n) is 5.06. The zero-order chi connectivity index (χ0) is 18.2. The maximum Gasteiger partial charge on any atom is 0.276 e. The van der Waals surface area contributed by atoms with Crippen LogP contribution in [0.15, 0.2) is 46.9 Å². The van der Waals surface area contributed by atoms with Crippen molar-refractivity contribution in [3.63, 3.8) is 0 Å². The van der Waals surface area contributed by atoms with Crippen molar-refractivity contribution in [3.8, 4) is 11.5 Å². The summed E-state index contributed by atoms with van der Waals surface area (Å²) >= 11 is 9.10. The fraction of sp³-hybridized carbons (Fsp3) is 0.176. The first-order valence-electron chi connectivity index (χ1n) is 7.29. The standard InChI is InChI=1S/C17H16BrClN2O4/c1-11-2-5-13(6-3-11)24-9-16(22)20-21-17(23)10-25-15-7-4-12(19)8-14(15)18/h2-8H,9-10H2,1H3,(H,20,22)(H,21,23). The lowest BCUT2D eigenvalue weighted by atomic mass is 10.2. The van der Waals surface area contributed by atoms with Gasteiger partial charge in [-0.15, -0.1) is 0 Å². The maximum atomic E-state index is 11.7. The van der Waals surface area contributed by atoms with Gasteiger partial charge in [0.05, 0.1) is 4.47 Å². The highest BCUT2D eigenvalue weighted by molar-refractivity contribution is 9.10. The number of halogens is 2. The van der Waals surface area contributed by atoms with Crippen LogP contribution in [0.25, 0.3) is 0 Å². The lowest BCUT2D eigenvalue weighted by molar-refractivity contribution is -0.131. The molecule has 0 radical (unpaired) electrons. The summed E-state index contributed by atoms with van der Waals surface area (Å²) in [6.07, 6.45) is 0. The quantitative estimate of drug-likeness (QED) is 0.695. The van der Waals surface area contributed by atoms with Crippen molar-refractivity contribution < 1.29 is 19.1 Å². The van der Waals surface area contributed by atoms with Crippen LogP contribution < -0.4 is 20.3 Å². The summed E-state index contributed by atoms with van der Waals surface area (Å²) in [5.41, 5.74) is 5.59. The molecule has 0 aromatic heterocycles. The molecule has 0 unspecified atom stereocenters. The first kappa shape index (κ1) is 19.1. The average molecular weight is 428 g/mol. The number of hydrogen-bond acceptors (Lipinski definition) is 4. The van der Waals surface area contributed by atoms with Crippen molar-refractivity contribution >= 4 is 39.3 Å². The Hall–Kier alpha value is -2.25. The highest BCUT2D eigenvalue weighted by atomic mass is 79.9. The van der Waals surface area contributed by atoms with Crippen molar-refractivity contribution in [2.75, 3.05) is 13.2 Å². The van der Waals surface area contributed by atoms with E-state index in [1.165, 1.54) is 0 Å². The van der Waals surface area contributed by atoms with E-state index in [0.29, 0.717) is 21.0 Å². The molecule has 2 N–H and O–H groups in total. The fourth-order valence-corrected chi connectivity index (χ4v) is 2.53. The molecule has 0 saturated carbocycles. The number of carbonyl (C=O) groups is 2. The van der Waals surface area contributed by atoms with E-state index in [4.69, 9.17) is 21.1 Å². The van der Waals surface area contributed by atoms with Crippen LogP contribution in [-0.4, -0.2) is 25.0 Å². The van der Waals surface area contributed by atoms with Crippen LogP contribution in [0.4, 0.5) is 0 Å². The second kappa shape index (κ2) is 9.29. The molecule has 0 aliphatic carbocycles. The zero-order valence-corrected chi connectivity index (χ0v) is 15.7. The number of nitrogens with one attached hydrogen (secondary N) is 2. The Morgan fingerprint density at radius 1 is 1.00 bits per heavy atom. The number of benzene rings is 2. The van der Waals surface area contributed by atoms with Crippen LogP contribution in [0.2, 0.25) is 5.02 Å². The van der Waals surface area contributed by atoms with Crippen LogP contribution in [0.1, 0.15) is 5.56 Å². The zero-order valence-electron chi connectivity index (χ0n) is 13.3. The number of carbonyl (C=O) groups excluding carboxylic acids is 2. The lowest BCUT2D eigenvalue weighted by Gasteiger charge is -2.10. The van der Waals surface area contributed by atoms with E-state index in [1.807, 2.05) is 19.1 Å². The van der Waals surface area contributed by atoms with Crippen LogP contribution in [0, 0.1) is 6.92 Å². The normalized spacial score (nSPS) is 10.0. The molecule has 0 saturated heterocycles. The van der Waals surface area contributed by atoms with Gasteiger partial charge in [0.25, 0.3) is 11.8 Å². The van der Waals surface area contributed by atoms with Gasteiger partial charge in [0.2, 0.25) is 0 Å². The van der Waals surface area contributed by atoms with Crippen LogP contribution >= 0.6 is 27.5 Å². The molecule has 0 aliphatic heterocycles. The Morgan fingerprint density at radius 2 is 1.60 bits per heavy atom. The van der Waals surface area contributed by atoms with Gasteiger partial charge in [-0.1, -0.05) is 29.3 Å².